The summed E-state index contributed by atoms with van der Waals surface area (Å²) in [6, 6.07) is 42.2. The number of nitriles is 1. The maximum atomic E-state index is 14.1. The fourth-order valence-electron chi connectivity index (χ4n) is 7.46. The van der Waals surface area contributed by atoms with Crippen LogP contribution in [0.15, 0.2) is 133 Å². The second-order valence-electron chi connectivity index (χ2n) is 14.7. The first kappa shape index (κ1) is 39.5. The van der Waals surface area contributed by atoms with Gasteiger partial charge in [-0.15, -0.1) is 0 Å². The summed E-state index contributed by atoms with van der Waals surface area (Å²) in [5.74, 6) is 0.462. The van der Waals surface area contributed by atoms with Gasteiger partial charge in [0.25, 0.3) is 0 Å². The molecule has 0 aliphatic carbocycles. The third-order valence-electron chi connectivity index (χ3n) is 10.7. The molecule has 0 fully saturated rings. The number of hydrogen-bond acceptors (Lipinski definition) is 7. The number of carboxylic acid groups (broad SMARTS) is 1. The van der Waals surface area contributed by atoms with Crippen LogP contribution in [-0.4, -0.2) is 40.6 Å². The Morgan fingerprint density at radius 3 is 2.20 bits per heavy atom. The first-order valence-corrected chi connectivity index (χ1v) is 20.0. The minimum Gasteiger partial charge on any atom is -0.489 e. The van der Waals surface area contributed by atoms with Crippen molar-refractivity contribution in [3.63, 3.8) is 0 Å². The number of carboxylic acids is 1. The average Bonchev–Trinajstić information content (AvgIpc) is 3.26. The lowest BCUT2D eigenvalue weighted by molar-refractivity contribution is -0.142. The van der Waals surface area contributed by atoms with Crippen LogP contribution in [0.1, 0.15) is 45.0 Å². The Bertz CT molecular complexity index is 2510. The van der Waals surface area contributed by atoms with Crippen molar-refractivity contribution >= 4 is 35.1 Å². The second-order valence-corrected chi connectivity index (χ2v) is 15.5. The molecule has 296 valence electrons. The van der Waals surface area contributed by atoms with E-state index in [4.69, 9.17) is 42.7 Å². The maximum absolute atomic E-state index is 14.1. The van der Waals surface area contributed by atoms with E-state index < -0.39 is 18.1 Å². The Hall–Kier alpha value is -6.31. The molecule has 2 N–H and O–H groups in total. The number of halogens is 2. The summed E-state index contributed by atoms with van der Waals surface area (Å²) in [6.07, 6.45) is 0.140. The van der Waals surface area contributed by atoms with E-state index in [1.165, 1.54) is 0 Å². The topological polar surface area (TPSA) is 121 Å². The number of carbonyl (C=O) groups excluding carboxylic acids is 1. The maximum Gasteiger partial charge on any atom is 0.326 e. The number of aliphatic carboxylic acids is 1. The average molecular weight is 825 g/mol. The van der Waals surface area contributed by atoms with E-state index in [1.807, 2.05) is 109 Å². The zero-order valence-corrected chi connectivity index (χ0v) is 33.3. The molecular formula is C48H39Cl2N3O6. The van der Waals surface area contributed by atoms with Gasteiger partial charge in [0.2, 0.25) is 5.91 Å². The number of ether oxygens (including phenoxy) is 3. The molecule has 8 rings (SSSR count). The molecule has 6 aromatic carbocycles. The van der Waals surface area contributed by atoms with Crippen molar-refractivity contribution in [2.75, 3.05) is 6.61 Å². The Morgan fingerprint density at radius 2 is 1.51 bits per heavy atom. The van der Waals surface area contributed by atoms with Crippen LogP contribution in [0.25, 0.3) is 11.1 Å². The summed E-state index contributed by atoms with van der Waals surface area (Å²) < 4.78 is 18.7. The Kier molecular flexibility index (Phi) is 11.8. The number of carbonyl (C=O) groups is 2. The summed E-state index contributed by atoms with van der Waals surface area (Å²) >= 11 is 12.2. The largest absolute Gasteiger partial charge is 0.489 e. The van der Waals surface area contributed by atoms with Crippen molar-refractivity contribution in [3.8, 4) is 34.4 Å². The molecule has 2 aliphatic rings. The highest BCUT2D eigenvalue weighted by Crippen LogP contribution is 2.41. The summed E-state index contributed by atoms with van der Waals surface area (Å²) in [6.45, 7) is 1.58. The predicted molar refractivity (Wildman–Crippen MR) is 226 cm³/mol. The molecule has 0 saturated carbocycles. The summed E-state index contributed by atoms with van der Waals surface area (Å²) in [5.41, 5.74) is 8.08. The molecule has 0 radical (unpaired) electrons. The highest BCUT2D eigenvalue weighted by Gasteiger charge is 2.36. The Morgan fingerprint density at radius 1 is 0.814 bits per heavy atom. The van der Waals surface area contributed by atoms with Gasteiger partial charge in [-0.1, -0.05) is 108 Å². The molecule has 0 saturated heterocycles. The molecule has 2 heterocycles. The van der Waals surface area contributed by atoms with Gasteiger partial charge in [0.05, 0.1) is 27.7 Å². The number of amides is 1. The van der Waals surface area contributed by atoms with Crippen molar-refractivity contribution < 1.29 is 28.9 Å². The van der Waals surface area contributed by atoms with E-state index in [9.17, 15) is 14.7 Å². The molecule has 0 aromatic heterocycles. The minimum atomic E-state index is -1.14. The normalized spacial score (nSPS) is 16.3. The number of fused-ring (bicyclic) bond motifs is 2. The highest BCUT2D eigenvalue weighted by atomic mass is 35.5. The molecular weight excluding hydrogens is 785 g/mol. The van der Waals surface area contributed by atoms with Crippen molar-refractivity contribution in [3.05, 3.63) is 182 Å². The first-order valence-electron chi connectivity index (χ1n) is 19.2. The van der Waals surface area contributed by atoms with Crippen molar-refractivity contribution in [2.24, 2.45) is 0 Å². The van der Waals surface area contributed by atoms with Gasteiger partial charge in [0.1, 0.15) is 25.0 Å². The van der Waals surface area contributed by atoms with Crippen molar-refractivity contribution in [2.45, 2.75) is 50.7 Å². The van der Waals surface area contributed by atoms with Gasteiger partial charge in [-0.05, 0) is 99.5 Å². The summed E-state index contributed by atoms with van der Waals surface area (Å²) in [7, 11) is 0. The van der Waals surface area contributed by atoms with Gasteiger partial charge in [0.15, 0.2) is 17.6 Å². The predicted octanol–water partition coefficient (Wildman–Crippen LogP) is 9.36. The fourth-order valence-corrected chi connectivity index (χ4v) is 7.78. The van der Waals surface area contributed by atoms with E-state index in [0.29, 0.717) is 65.6 Å². The fraction of sp³-hybridized carbons (Fsp3) is 0.188. The van der Waals surface area contributed by atoms with Crippen LogP contribution >= 0.6 is 23.2 Å². The molecule has 2 aliphatic heterocycles. The Balaban J connectivity index is 0.955. The van der Waals surface area contributed by atoms with Crippen LogP contribution in [0.3, 0.4) is 0 Å². The van der Waals surface area contributed by atoms with Gasteiger partial charge >= 0.3 is 5.97 Å². The third kappa shape index (κ3) is 9.37. The molecule has 3 atom stereocenters. The quantitative estimate of drug-likeness (QED) is 0.125. The summed E-state index contributed by atoms with van der Waals surface area (Å²) in [4.78, 5) is 28.8. The minimum absolute atomic E-state index is 0.116. The van der Waals surface area contributed by atoms with Crippen LogP contribution in [0.2, 0.25) is 10.0 Å². The van der Waals surface area contributed by atoms with Gasteiger partial charge in [-0.2, -0.15) is 5.26 Å². The zero-order valence-electron chi connectivity index (χ0n) is 31.8. The highest BCUT2D eigenvalue weighted by molar-refractivity contribution is 6.42. The van der Waals surface area contributed by atoms with Gasteiger partial charge < -0.3 is 24.6 Å². The SMILES string of the molecule is N#Cc1ccc(-c2ccc(CC(NC(=O)[C@@H]3Cc4cc5c(cc4CN3Cc3ccccc3)O[C@@H](c3ccc(OCc4ccc(Cl)c(Cl)c4)cc3)CO5)C(=O)O)cc2)cc1. The van der Waals surface area contributed by atoms with Gasteiger partial charge in [-0.3, -0.25) is 9.69 Å². The molecule has 0 bridgehead atoms. The van der Waals surface area contributed by atoms with Crippen molar-refractivity contribution in [1.29, 1.82) is 5.26 Å². The smallest absolute Gasteiger partial charge is 0.326 e. The van der Waals surface area contributed by atoms with Gasteiger partial charge in [-0.25, -0.2) is 4.79 Å². The van der Waals surface area contributed by atoms with E-state index in [1.54, 1.807) is 24.3 Å². The van der Waals surface area contributed by atoms with Crippen LogP contribution in [0.5, 0.6) is 17.2 Å². The van der Waals surface area contributed by atoms with E-state index in [2.05, 4.69) is 16.3 Å². The van der Waals surface area contributed by atoms with Crippen LogP contribution in [0.4, 0.5) is 0 Å². The van der Waals surface area contributed by atoms with E-state index in [0.717, 1.165) is 44.5 Å². The lowest BCUT2D eigenvalue weighted by Gasteiger charge is -2.37. The van der Waals surface area contributed by atoms with Crippen LogP contribution in [-0.2, 0) is 42.1 Å². The molecule has 1 unspecified atom stereocenters. The van der Waals surface area contributed by atoms with Gasteiger partial charge in [0, 0.05) is 19.5 Å². The molecule has 1 amide bonds. The molecule has 0 spiro atoms. The number of benzene rings is 6. The number of rotatable bonds is 12. The standard InChI is InChI=1S/C48H39Cl2N3O6/c49-40-19-10-33(20-41(40)50)28-57-39-17-15-36(16-18-39)46-29-58-44-23-37-22-43(53(26-32-4-2-1-3-5-32)27-38(37)24-45(44)59-46)47(54)52-42(48(55)56)21-30-6-11-34(12-7-30)35-13-8-31(25-51)9-14-35/h1-20,23-24,42-43,46H,21-22,26-29H2,(H,52,54)(H,55,56)/t42?,43-,46+/m0/s1. The summed E-state index contributed by atoms with van der Waals surface area (Å²) in [5, 5.41) is 23.2. The third-order valence-corrected chi connectivity index (χ3v) is 11.4. The Labute approximate surface area is 352 Å². The van der Waals surface area contributed by atoms with E-state index in [-0.39, 0.29) is 18.4 Å². The first-order chi connectivity index (χ1) is 28.7. The number of nitrogens with zero attached hydrogens (tertiary/aromatic N) is 2. The van der Waals surface area contributed by atoms with E-state index >= 15 is 0 Å². The van der Waals surface area contributed by atoms with Crippen LogP contribution < -0.4 is 19.5 Å². The lowest BCUT2D eigenvalue weighted by atomic mass is 9.91. The number of nitrogens with one attached hydrogen (secondary N) is 1. The molecule has 9 nitrogen and oxygen atoms in total. The van der Waals surface area contributed by atoms with Crippen LogP contribution in [0, 0.1) is 11.3 Å². The monoisotopic (exact) mass is 823 g/mol. The lowest BCUT2D eigenvalue weighted by Crippen LogP contribution is -2.54. The number of hydrogen-bond donors (Lipinski definition) is 2. The van der Waals surface area contributed by atoms with Crippen molar-refractivity contribution in [1.82, 2.24) is 10.2 Å². The second kappa shape index (κ2) is 17.7. The zero-order chi connectivity index (χ0) is 40.9. The molecule has 6 aromatic rings. The molecule has 59 heavy (non-hydrogen) atoms. The molecule has 11 heteroatoms.